The van der Waals surface area contributed by atoms with Crippen LogP contribution in [0.1, 0.15) is 40.3 Å². The number of halogens is 2. The highest BCUT2D eigenvalue weighted by atomic mass is 79.9. The molecular formula is C34H31BrClN5O4. The van der Waals surface area contributed by atoms with Crippen molar-refractivity contribution in [2.45, 2.75) is 37.6 Å². The van der Waals surface area contributed by atoms with Crippen LogP contribution in [0.2, 0.25) is 5.02 Å². The van der Waals surface area contributed by atoms with E-state index in [2.05, 4.69) is 31.3 Å². The summed E-state index contributed by atoms with van der Waals surface area (Å²) in [5, 5.41) is 16.5. The number of benzene rings is 4. The van der Waals surface area contributed by atoms with Crippen molar-refractivity contribution >= 4 is 39.3 Å². The second kappa shape index (κ2) is 15.1. The van der Waals surface area contributed by atoms with Crippen molar-refractivity contribution < 1.29 is 19.4 Å². The third-order valence-electron chi connectivity index (χ3n) is 7.40. The maximum atomic E-state index is 14.5. The molecule has 0 unspecified atom stereocenters. The summed E-state index contributed by atoms with van der Waals surface area (Å²) >= 11 is 9.72. The Morgan fingerprint density at radius 1 is 1.07 bits per heavy atom. The average molecular weight is 689 g/mol. The van der Waals surface area contributed by atoms with Crippen molar-refractivity contribution in [3.05, 3.63) is 145 Å². The molecule has 5 rings (SSSR count). The summed E-state index contributed by atoms with van der Waals surface area (Å²) < 4.78 is 13.3. The molecule has 1 heterocycles. The lowest BCUT2D eigenvalue weighted by Gasteiger charge is -2.32. The molecular weight excluding hydrogens is 658 g/mol. The zero-order chi connectivity index (χ0) is 31.6. The molecule has 0 aromatic heterocycles. The van der Waals surface area contributed by atoms with E-state index in [9.17, 15) is 4.79 Å². The van der Waals surface area contributed by atoms with E-state index < -0.39 is 11.6 Å². The van der Waals surface area contributed by atoms with Gasteiger partial charge in [0.1, 0.15) is 5.75 Å². The molecule has 2 N–H and O–H groups in total. The van der Waals surface area contributed by atoms with Crippen molar-refractivity contribution in [1.82, 2.24) is 5.32 Å². The Kier molecular flexibility index (Phi) is 10.8. The van der Waals surface area contributed by atoms with Crippen LogP contribution in [0.25, 0.3) is 10.4 Å². The second-order valence-corrected chi connectivity index (χ2v) is 11.8. The monoisotopic (exact) mass is 687 g/mol. The largest absolute Gasteiger partial charge is 0.494 e. The first-order valence-corrected chi connectivity index (χ1v) is 15.6. The van der Waals surface area contributed by atoms with Crippen LogP contribution < -0.4 is 10.1 Å². The van der Waals surface area contributed by atoms with Gasteiger partial charge in [0.05, 0.1) is 13.2 Å². The van der Waals surface area contributed by atoms with Gasteiger partial charge in [0.2, 0.25) is 5.90 Å². The zero-order valence-corrected chi connectivity index (χ0v) is 26.6. The number of nitrogens with zero attached hydrogens (tertiary/aromatic N) is 4. The van der Waals surface area contributed by atoms with Gasteiger partial charge in [-0.3, -0.25) is 4.79 Å². The van der Waals surface area contributed by atoms with Gasteiger partial charge in [-0.2, -0.15) is 0 Å². The minimum Gasteiger partial charge on any atom is -0.494 e. The molecule has 4 aromatic rings. The van der Waals surface area contributed by atoms with Gasteiger partial charge >= 0.3 is 0 Å². The van der Waals surface area contributed by atoms with Crippen molar-refractivity contribution in [2.24, 2.45) is 10.1 Å². The van der Waals surface area contributed by atoms with Crippen LogP contribution in [0.4, 0.5) is 0 Å². The summed E-state index contributed by atoms with van der Waals surface area (Å²) in [4.78, 5) is 22.6. The summed E-state index contributed by atoms with van der Waals surface area (Å²) in [7, 11) is 0. The Morgan fingerprint density at radius 2 is 1.84 bits per heavy atom. The first-order valence-electron chi connectivity index (χ1n) is 14.4. The predicted octanol–water partition coefficient (Wildman–Crippen LogP) is 7.49. The van der Waals surface area contributed by atoms with Crippen LogP contribution in [0.5, 0.6) is 5.75 Å². The van der Waals surface area contributed by atoms with E-state index in [1.54, 1.807) is 24.3 Å². The summed E-state index contributed by atoms with van der Waals surface area (Å²) in [5.41, 5.74) is 11.5. The molecule has 0 radical (unpaired) electrons. The molecule has 1 amide bonds. The highest BCUT2D eigenvalue weighted by Crippen LogP contribution is 2.44. The van der Waals surface area contributed by atoms with Gasteiger partial charge in [0, 0.05) is 46.0 Å². The number of ether oxygens (including phenoxy) is 2. The van der Waals surface area contributed by atoms with Crippen molar-refractivity contribution in [2.75, 3.05) is 13.2 Å². The molecule has 0 saturated carbocycles. The first-order chi connectivity index (χ1) is 21.9. The molecule has 1 aliphatic rings. The van der Waals surface area contributed by atoms with E-state index in [0.717, 1.165) is 21.2 Å². The number of hydrogen-bond acceptors (Lipinski definition) is 6. The van der Waals surface area contributed by atoms with Crippen LogP contribution in [-0.4, -0.2) is 35.7 Å². The smallest absolute Gasteiger partial charge is 0.252 e. The third kappa shape index (κ3) is 7.85. The Balaban J connectivity index is 1.60. The normalized spacial score (nSPS) is 17.1. The number of nitrogens with one attached hydrogen (secondary N) is 1. The lowest BCUT2D eigenvalue weighted by atomic mass is 9.80. The summed E-state index contributed by atoms with van der Waals surface area (Å²) in [6.07, 6.45) is -0.0908. The van der Waals surface area contributed by atoms with Crippen molar-refractivity contribution in [1.29, 1.82) is 0 Å². The van der Waals surface area contributed by atoms with Gasteiger partial charge in [0.15, 0.2) is 11.6 Å². The van der Waals surface area contributed by atoms with E-state index in [1.165, 1.54) is 0 Å². The summed E-state index contributed by atoms with van der Waals surface area (Å²) in [6.45, 7) is 0.755. The number of carbonyl (C=O) groups is 1. The number of hydrogen-bond donors (Lipinski definition) is 2. The molecule has 2 atom stereocenters. The van der Waals surface area contributed by atoms with E-state index in [4.69, 9.17) is 36.7 Å². The second-order valence-electron chi connectivity index (χ2n) is 10.5. The van der Waals surface area contributed by atoms with Crippen LogP contribution in [0.15, 0.2) is 112 Å². The Morgan fingerprint density at radius 3 is 2.58 bits per heavy atom. The number of rotatable bonds is 13. The molecule has 0 saturated heterocycles. The minimum atomic E-state index is -1.43. The minimum absolute atomic E-state index is 0.0467. The van der Waals surface area contributed by atoms with Crippen molar-refractivity contribution in [3.8, 4) is 5.75 Å². The molecule has 9 nitrogen and oxygen atoms in total. The van der Waals surface area contributed by atoms with Gasteiger partial charge in [-0.15, -0.1) is 0 Å². The predicted molar refractivity (Wildman–Crippen MR) is 177 cm³/mol. The standard InChI is InChI=1S/C34H31BrClN5O4/c35-27-13-9-23(10-14-27)20-34(33(43)38-21-24-5-3-7-28(36)19-24)31(30-8-2-1-6-26(30)22-39-41-37)45-32(40-34)25-11-15-29(16-12-25)44-18-4-17-42/h1-3,5-16,19,31,42H,4,17-18,20-22H2,(H,38,43)/t31-,34-/m1/s1. The zero-order valence-electron chi connectivity index (χ0n) is 24.3. The van der Waals surface area contributed by atoms with E-state index in [-0.39, 0.29) is 32.0 Å². The SMILES string of the molecule is [N-]=[N+]=NCc1ccccc1[C@H]1OC(c2ccc(OCCCO)cc2)=N[C@@]1(Cc1ccc(Br)cc1)C(=O)NCc1cccc(Cl)c1. The quantitative estimate of drug-likeness (QED) is 0.0653. The Labute approximate surface area is 274 Å². The molecule has 230 valence electrons. The summed E-state index contributed by atoms with van der Waals surface area (Å²) in [5.74, 6) is 0.617. The highest BCUT2D eigenvalue weighted by molar-refractivity contribution is 9.10. The molecule has 4 aromatic carbocycles. The Hall–Kier alpha value is -4.34. The molecule has 1 aliphatic heterocycles. The lowest BCUT2D eigenvalue weighted by Crippen LogP contribution is -2.49. The molecule has 0 aliphatic carbocycles. The van der Waals surface area contributed by atoms with E-state index >= 15 is 0 Å². The van der Waals surface area contributed by atoms with Crippen LogP contribution in [0, 0.1) is 0 Å². The number of amides is 1. The van der Waals surface area contributed by atoms with E-state index in [0.29, 0.717) is 40.8 Å². The van der Waals surface area contributed by atoms with Gasteiger partial charge in [0.25, 0.3) is 5.91 Å². The third-order valence-corrected chi connectivity index (χ3v) is 8.16. The average Bonchev–Trinajstić information content (AvgIpc) is 3.44. The first kappa shape index (κ1) is 32.1. The van der Waals surface area contributed by atoms with Crippen LogP contribution >= 0.6 is 27.5 Å². The lowest BCUT2D eigenvalue weighted by molar-refractivity contribution is -0.129. The maximum Gasteiger partial charge on any atom is 0.252 e. The van der Waals surface area contributed by atoms with Gasteiger partial charge < -0.3 is 19.9 Å². The van der Waals surface area contributed by atoms with Gasteiger partial charge in [-0.25, -0.2) is 4.99 Å². The fraction of sp³-hybridized carbons (Fsp3) is 0.235. The fourth-order valence-corrected chi connectivity index (χ4v) is 5.67. The van der Waals surface area contributed by atoms with Crippen LogP contribution in [0.3, 0.4) is 0 Å². The number of carbonyl (C=O) groups excluding carboxylic acids is 1. The maximum absolute atomic E-state index is 14.5. The number of aliphatic hydroxyl groups is 1. The summed E-state index contributed by atoms with van der Waals surface area (Å²) in [6, 6.07) is 29.8. The Bertz CT molecular complexity index is 1710. The number of aliphatic hydroxyl groups excluding tert-OH is 1. The van der Waals surface area contributed by atoms with Gasteiger partial charge in [-0.1, -0.05) is 81.2 Å². The molecule has 45 heavy (non-hydrogen) atoms. The topological polar surface area (TPSA) is 129 Å². The van der Waals surface area contributed by atoms with E-state index in [1.807, 2.05) is 72.8 Å². The fourth-order valence-electron chi connectivity index (χ4n) is 5.20. The molecule has 0 fully saturated rings. The number of azide groups is 1. The number of aliphatic imine (C=N–C) groups is 1. The van der Waals surface area contributed by atoms with Crippen molar-refractivity contribution in [3.63, 3.8) is 0 Å². The highest BCUT2D eigenvalue weighted by Gasteiger charge is 2.53. The molecule has 0 bridgehead atoms. The van der Waals surface area contributed by atoms with Crippen LogP contribution in [-0.2, 0) is 29.0 Å². The van der Waals surface area contributed by atoms with Gasteiger partial charge in [-0.05, 0) is 76.3 Å². The molecule has 11 heteroatoms. The molecule has 0 spiro atoms.